The summed E-state index contributed by atoms with van der Waals surface area (Å²) >= 11 is 0. The van der Waals surface area contributed by atoms with Crippen LogP contribution >= 0.6 is 0 Å². The van der Waals surface area contributed by atoms with Crippen molar-refractivity contribution in [1.29, 1.82) is 0 Å². The number of anilines is 2. The van der Waals surface area contributed by atoms with Crippen molar-refractivity contribution in [3.05, 3.63) is 59.9 Å². The van der Waals surface area contributed by atoms with E-state index in [1.165, 1.54) is 5.19 Å². The number of nitrogens with one attached hydrogen (secondary N) is 1. The molecule has 4 heterocycles. The molecule has 3 aliphatic rings. The van der Waals surface area contributed by atoms with Crippen LogP contribution in [0.1, 0.15) is 31.0 Å². The Balaban J connectivity index is 1.39. The Morgan fingerprint density at radius 1 is 1.20 bits per heavy atom. The number of hydrogen-bond donors (Lipinski definition) is 2. The number of rotatable bonds is 9. The van der Waals surface area contributed by atoms with Gasteiger partial charge in [-0.3, -0.25) is 14.3 Å². The molecule has 3 aromatic rings. The third-order valence-corrected chi connectivity index (χ3v) is 13.7. The Bertz CT molecular complexity index is 1470. The molecule has 2 fully saturated rings. The highest BCUT2D eigenvalue weighted by molar-refractivity contribution is 6.91. The van der Waals surface area contributed by atoms with Crippen LogP contribution in [0.3, 0.4) is 0 Å². The minimum absolute atomic E-state index is 0.0216. The highest BCUT2D eigenvalue weighted by Crippen LogP contribution is 2.59. The number of hydrogen-bond acceptors (Lipinski definition) is 7. The SMILES string of the molecule is COc1ccc([Si](C)(C)[C@H]2[C@H](CCn3cc(CCO)nn3)O[C@@]3(C(=O)Nc4ccc(N5CCC5=O)cc43)[C@@H]2C)cc1. The number of aromatic nitrogens is 3. The molecule has 1 spiro atoms. The minimum atomic E-state index is -2.24. The Morgan fingerprint density at radius 2 is 1.98 bits per heavy atom. The summed E-state index contributed by atoms with van der Waals surface area (Å²) in [7, 11) is -0.579. The van der Waals surface area contributed by atoms with E-state index < -0.39 is 13.7 Å². The number of methoxy groups -OCH3 is 1. The summed E-state index contributed by atoms with van der Waals surface area (Å²) in [6.07, 6.45) is 3.29. The van der Waals surface area contributed by atoms with Crippen molar-refractivity contribution in [3.8, 4) is 5.75 Å². The monoisotopic (exact) mass is 575 g/mol. The van der Waals surface area contributed by atoms with Gasteiger partial charge >= 0.3 is 0 Å². The quantitative estimate of drug-likeness (QED) is 0.298. The first-order chi connectivity index (χ1) is 19.7. The zero-order valence-corrected chi connectivity index (χ0v) is 25.0. The molecule has 0 saturated carbocycles. The van der Waals surface area contributed by atoms with Crippen LogP contribution in [-0.4, -0.2) is 66.4 Å². The number of carbonyl (C=O) groups excluding carboxylic acids is 2. The normalized spacial score (nSPS) is 25.4. The number of benzene rings is 2. The maximum atomic E-state index is 13.9. The fourth-order valence-electron chi connectivity index (χ4n) is 7.08. The van der Waals surface area contributed by atoms with Gasteiger partial charge in [0.1, 0.15) is 5.75 Å². The summed E-state index contributed by atoms with van der Waals surface area (Å²) < 4.78 is 14.2. The summed E-state index contributed by atoms with van der Waals surface area (Å²) in [4.78, 5) is 27.9. The maximum Gasteiger partial charge on any atom is 0.261 e. The predicted molar refractivity (Wildman–Crippen MR) is 157 cm³/mol. The molecule has 10 nitrogen and oxygen atoms in total. The van der Waals surface area contributed by atoms with E-state index in [9.17, 15) is 14.7 Å². The minimum Gasteiger partial charge on any atom is -0.497 e. The molecule has 0 aliphatic carbocycles. The number of nitrogens with zero attached hydrogens (tertiary/aromatic N) is 4. The standard InChI is InChI=1S/C30H37N5O5Si/c1-19-28(41(3,4)23-8-6-22(39-2)7-9-23)26(11-14-34-18-20(13-16-36)32-33-34)40-30(19)24-17-21(35-15-12-27(35)37)5-10-25(24)31-29(30)38/h5-10,17-19,26,28,36H,11-16H2,1-4H3,(H,31,38)/t19-,26+,28-,30+/m1/s1. The van der Waals surface area contributed by atoms with Crippen molar-refractivity contribution in [1.82, 2.24) is 15.0 Å². The molecule has 2 N–H and O–H groups in total. The lowest BCUT2D eigenvalue weighted by molar-refractivity contribution is -0.143. The summed E-state index contributed by atoms with van der Waals surface area (Å²) in [5.41, 5.74) is 2.04. The van der Waals surface area contributed by atoms with Crippen molar-refractivity contribution >= 4 is 36.4 Å². The Labute approximate surface area is 240 Å². The molecule has 216 valence electrons. The van der Waals surface area contributed by atoms with Crippen molar-refractivity contribution in [2.24, 2.45) is 5.92 Å². The Kier molecular flexibility index (Phi) is 6.99. The van der Waals surface area contributed by atoms with Gasteiger partial charge in [0.25, 0.3) is 5.91 Å². The largest absolute Gasteiger partial charge is 0.497 e. The van der Waals surface area contributed by atoms with Crippen molar-refractivity contribution < 1.29 is 24.2 Å². The van der Waals surface area contributed by atoms with Gasteiger partial charge in [0.2, 0.25) is 5.91 Å². The van der Waals surface area contributed by atoms with Gasteiger partial charge in [-0.15, -0.1) is 5.10 Å². The number of aliphatic hydroxyl groups excluding tert-OH is 1. The zero-order valence-electron chi connectivity index (χ0n) is 24.0. The number of amides is 2. The van der Waals surface area contributed by atoms with Gasteiger partial charge in [-0.25, -0.2) is 0 Å². The first-order valence-electron chi connectivity index (χ1n) is 14.3. The van der Waals surface area contributed by atoms with E-state index in [1.807, 2.05) is 36.5 Å². The van der Waals surface area contributed by atoms with E-state index in [1.54, 1.807) is 16.7 Å². The van der Waals surface area contributed by atoms with Gasteiger partial charge < -0.3 is 24.8 Å². The average Bonchev–Trinajstić information content (AvgIpc) is 3.62. The number of fused-ring (bicyclic) bond motifs is 2. The summed E-state index contributed by atoms with van der Waals surface area (Å²) in [5.74, 6) is 0.629. The lowest BCUT2D eigenvalue weighted by Crippen LogP contribution is -2.51. The summed E-state index contributed by atoms with van der Waals surface area (Å²) in [5, 5.41) is 22.1. The lowest BCUT2D eigenvalue weighted by Gasteiger charge is -2.37. The molecule has 41 heavy (non-hydrogen) atoms. The Hall–Kier alpha value is -3.54. The number of aryl methyl sites for hydroxylation is 1. The second-order valence-corrected chi connectivity index (χ2v) is 16.6. The van der Waals surface area contributed by atoms with Crippen LogP contribution in [-0.2, 0) is 32.9 Å². The molecule has 0 bridgehead atoms. The molecule has 2 amide bonds. The van der Waals surface area contributed by atoms with E-state index >= 15 is 0 Å². The predicted octanol–water partition coefficient (Wildman–Crippen LogP) is 2.82. The fourth-order valence-corrected chi connectivity index (χ4v) is 11.1. The van der Waals surface area contributed by atoms with Crippen LogP contribution in [0.5, 0.6) is 5.75 Å². The van der Waals surface area contributed by atoms with Gasteiger partial charge in [-0.2, -0.15) is 0 Å². The molecule has 6 rings (SSSR count). The van der Waals surface area contributed by atoms with Crippen molar-refractivity contribution in [2.75, 3.05) is 30.5 Å². The van der Waals surface area contributed by atoms with E-state index in [0.29, 0.717) is 32.4 Å². The van der Waals surface area contributed by atoms with Gasteiger partial charge in [0, 0.05) is 61.6 Å². The average molecular weight is 576 g/mol. The fraction of sp³-hybridized carbons (Fsp3) is 0.467. The van der Waals surface area contributed by atoms with Gasteiger partial charge in [-0.05, 0) is 42.3 Å². The smallest absolute Gasteiger partial charge is 0.261 e. The van der Waals surface area contributed by atoms with E-state index in [-0.39, 0.29) is 36.0 Å². The van der Waals surface area contributed by atoms with E-state index in [0.717, 1.165) is 28.4 Å². The maximum absolute atomic E-state index is 13.9. The molecule has 2 saturated heterocycles. The van der Waals surface area contributed by atoms with Gasteiger partial charge in [0.05, 0.1) is 27.0 Å². The van der Waals surface area contributed by atoms with Crippen LogP contribution in [0.2, 0.25) is 18.6 Å². The molecule has 1 aromatic heterocycles. The van der Waals surface area contributed by atoms with Gasteiger partial charge in [-0.1, -0.05) is 42.6 Å². The summed E-state index contributed by atoms with van der Waals surface area (Å²) in [6, 6.07) is 14.1. The van der Waals surface area contributed by atoms with Crippen molar-refractivity contribution in [2.45, 2.75) is 63.1 Å². The molecular weight excluding hydrogens is 538 g/mol. The number of β-lactam (4-membered cyclic amide) rings is 1. The first-order valence-corrected chi connectivity index (χ1v) is 17.4. The van der Waals surface area contributed by atoms with Crippen LogP contribution in [0.25, 0.3) is 0 Å². The van der Waals surface area contributed by atoms with Crippen LogP contribution < -0.4 is 20.1 Å². The molecule has 11 heteroatoms. The summed E-state index contributed by atoms with van der Waals surface area (Å²) in [6.45, 7) is 8.13. The van der Waals surface area contributed by atoms with E-state index in [4.69, 9.17) is 9.47 Å². The zero-order chi connectivity index (χ0) is 28.9. The number of ether oxygens (including phenoxy) is 2. The lowest BCUT2D eigenvalue weighted by atomic mass is 9.82. The highest BCUT2D eigenvalue weighted by Gasteiger charge is 2.64. The third kappa shape index (κ3) is 4.47. The van der Waals surface area contributed by atoms with E-state index in [2.05, 4.69) is 47.8 Å². The van der Waals surface area contributed by atoms with Crippen LogP contribution in [0.4, 0.5) is 11.4 Å². The van der Waals surface area contributed by atoms with Crippen LogP contribution in [0.15, 0.2) is 48.7 Å². The molecule has 4 atom stereocenters. The molecular formula is C30H37N5O5Si. The first kappa shape index (κ1) is 27.6. The Morgan fingerprint density at radius 3 is 2.63 bits per heavy atom. The van der Waals surface area contributed by atoms with Crippen molar-refractivity contribution in [3.63, 3.8) is 0 Å². The molecule has 2 aromatic carbocycles. The third-order valence-electron chi connectivity index (χ3n) is 9.33. The number of aliphatic hydroxyl groups is 1. The second-order valence-electron chi connectivity index (χ2n) is 11.9. The topological polar surface area (TPSA) is 119 Å². The molecule has 0 radical (unpaired) electrons. The molecule has 3 aliphatic heterocycles. The second kappa shape index (κ2) is 10.4. The molecule has 0 unspecified atom stereocenters. The van der Waals surface area contributed by atoms with Gasteiger partial charge in [0.15, 0.2) is 5.60 Å². The number of carbonyl (C=O) groups is 2. The van der Waals surface area contributed by atoms with Crippen LogP contribution in [0, 0.1) is 5.92 Å². The highest BCUT2D eigenvalue weighted by atomic mass is 28.3.